The molecule has 2 aliphatic heterocycles. The first kappa shape index (κ1) is 29.4. The largest absolute Gasteiger partial charge is 0.543 e. The molecule has 1 saturated carbocycles. The average Bonchev–Trinajstić information content (AvgIpc) is 3.65. The van der Waals surface area contributed by atoms with Crippen molar-refractivity contribution in [2.75, 3.05) is 25.7 Å². The molecule has 0 spiro atoms. The Morgan fingerprint density at radius 2 is 1.93 bits per heavy atom. The Bertz CT molecular complexity index is 1440. The summed E-state index contributed by atoms with van der Waals surface area (Å²) in [6.45, 7) is 16.5. The van der Waals surface area contributed by atoms with Crippen LogP contribution in [-0.2, 0) is 24.5 Å². The molecule has 1 aromatic carbocycles. The third-order valence-electron chi connectivity index (χ3n) is 9.55. The highest BCUT2D eigenvalue weighted by molar-refractivity contribution is 6.74. The van der Waals surface area contributed by atoms with Gasteiger partial charge in [0.25, 0.3) is 0 Å². The molecule has 8 nitrogen and oxygen atoms in total. The Labute approximate surface area is 243 Å². The van der Waals surface area contributed by atoms with Crippen LogP contribution in [0.1, 0.15) is 39.7 Å². The minimum Gasteiger partial charge on any atom is -0.543 e. The molecule has 1 saturated heterocycles. The van der Waals surface area contributed by atoms with E-state index in [1.807, 2.05) is 19.1 Å². The summed E-state index contributed by atoms with van der Waals surface area (Å²) in [5.74, 6) is 11.0. The summed E-state index contributed by atoms with van der Waals surface area (Å²) >= 11 is 0. The fourth-order valence-corrected chi connectivity index (χ4v) is 7.51. The van der Waals surface area contributed by atoms with Crippen molar-refractivity contribution in [1.29, 1.82) is 0 Å². The number of benzene rings is 1. The number of methoxy groups -OCH3 is 2. The molecular formula is C32H39NO7Si. The van der Waals surface area contributed by atoms with E-state index in [-0.39, 0.29) is 24.0 Å². The maximum Gasteiger partial charge on any atom is 0.415 e. The van der Waals surface area contributed by atoms with Crippen LogP contribution in [0.5, 0.6) is 5.75 Å². The van der Waals surface area contributed by atoms with E-state index in [0.29, 0.717) is 17.0 Å². The second kappa shape index (κ2) is 9.48. The minimum atomic E-state index is -2.26. The monoisotopic (exact) mass is 577 g/mol. The highest BCUT2D eigenvalue weighted by Crippen LogP contribution is 2.77. The van der Waals surface area contributed by atoms with Crippen LogP contribution in [0.4, 0.5) is 10.5 Å². The number of carbonyl (C=O) groups is 1. The van der Waals surface area contributed by atoms with E-state index in [2.05, 4.69) is 64.1 Å². The third kappa shape index (κ3) is 3.73. The topological polar surface area (TPSA) is 90.0 Å². The van der Waals surface area contributed by atoms with Crippen molar-refractivity contribution < 1.29 is 33.3 Å². The minimum absolute atomic E-state index is 0.0255. The maximum absolute atomic E-state index is 13.7. The van der Waals surface area contributed by atoms with Crippen LogP contribution >= 0.6 is 0 Å². The molecule has 1 N–H and O–H groups in total. The van der Waals surface area contributed by atoms with E-state index in [1.54, 1.807) is 18.2 Å². The van der Waals surface area contributed by atoms with Gasteiger partial charge in [-0.25, -0.2) is 4.79 Å². The Kier molecular flexibility index (Phi) is 6.81. The van der Waals surface area contributed by atoms with Gasteiger partial charge in [0.15, 0.2) is 5.60 Å². The van der Waals surface area contributed by atoms with Gasteiger partial charge >= 0.3 is 6.09 Å². The molecule has 0 radical (unpaired) electrons. The van der Waals surface area contributed by atoms with E-state index in [1.165, 1.54) is 25.2 Å². The number of aliphatic hydroxyl groups is 1. The van der Waals surface area contributed by atoms with Gasteiger partial charge in [0, 0.05) is 26.2 Å². The smallest absolute Gasteiger partial charge is 0.415 e. The highest BCUT2D eigenvalue weighted by Gasteiger charge is 2.93. The van der Waals surface area contributed by atoms with Gasteiger partial charge in [-0.2, -0.15) is 0 Å². The van der Waals surface area contributed by atoms with Crippen LogP contribution in [0.15, 0.2) is 43.0 Å². The Hall–Kier alpha value is -3.05. The van der Waals surface area contributed by atoms with Crippen molar-refractivity contribution in [2.24, 2.45) is 5.92 Å². The van der Waals surface area contributed by atoms with E-state index >= 15 is 0 Å². The normalized spacial score (nSPS) is 32.2. The van der Waals surface area contributed by atoms with Crippen molar-refractivity contribution in [3.63, 3.8) is 0 Å². The van der Waals surface area contributed by atoms with E-state index in [9.17, 15) is 9.90 Å². The average molecular weight is 578 g/mol. The van der Waals surface area contributed by atoms with Crippen molar-refractivity contribution in [3.05, 3.63) is 48.6 Å². The molecule has 41 heavy (non-hydrogen) atoms. The molecule has 2 aliphatic carbocycles. The summed E-state index contributed by atoms with van der Waals surface area (Å²) in [5, 5.41) is 12.8. The van der Waals surface area contributed by atoms with Crippen molar-refractivity contribution in [1.82, 2.24) is 0 Å². The summed E-state index contributed by atoms with van der Waals surface area (Å²) in [4.78, 5) is 15.2. The number of hydrogen-bond donors (Lipinski definition) is 1. The zero-order chi connectivity index (χ0) is 30.1. The molecule has 0 unspecified atom stereocenters. The number of carbonyl (C=O) groups excluding carboxylic acids is 1. The molecule has 9 heteroatoms. The van der Waals surface area contributed by atoms with Crippen molar-refractivity contribution in [3.8, 4) is 29.4 Å². The number of anilines is 1. The summed E-state index contributed by atoms with van der Waals surface area (Å²) in [7, 11) is 0.732. The second-order valence-corrected chi connectivity index (χ2v) is 17.3. The molecule has 218 valence electrons. The first-order valence-electron chi connectivity index (χ1n) is 13.8. The first-order valence-corrected chi connectivity index (χ1v) is 16.7. The van der Waals surface area contributed by atoms with Crippen LogP contribution in [0.2, 0.25) is 18.1 Å². The van der Waals surface area contributed by atoms with Crippen LogP contribution in [0.25, 0.3) is 0 Å². The number of allylic oxidation sites excluding steroid dienone is 2. The van der Waals surface area contributed by atoms with E-state index < -0.39 is 43.0 Å². The zero-order valence-corrected chi connectivity index (χ0v) is 26.1. The van der Waals surface area contributed by atoms with Gasteiger partial charge in [0.1, 0.15) is 24.0 Å². The van der Waals surface area contributed by atoms with Gasteiger partial charge in [-0.05, 0) is 54.4 Å². The predicted molar refractivity (Wildman–Crippen MR) is 158 cm³/mol. The van der Waals surface area contributed by atoms with Gasteiger partial charge in [-0.3, -0.25) is 4.90 Å². The predicted octanol–water partition coefficient (Wildman–Crippen LogP) is 4.88. The fraction of sp³-hybridized carbons (Fsp3) is 0.531. The second-order valence-electron chi connectivity index (χ2n) is 12.6. The molecule has 0 aromatic heterocycles. The molecule has 2 heterocycles. The molecule has 1 aromatic rings. The van der Waals surface area contributed by atoms with Crippen LogP contribution in [-0.4, -0.2) is 63.4 Å². The first-order chi connectivity index (χ1) is 19.2. The lowest BCUT2D eigenvalue weighted by Gasteiger charge is -2.55. The van der Waals surface area contributed by atoms with Crippen molar-refractivity contribution >= 4 is 20.1 Å². The fourth-order valence-electron chi connectivity index (χ4n) is 6.49. The number of hydrogen-bond acceptors (Lipinski definition) is 7. The maximum atomic E-state index is 13.7. The summed E-state index contributed by atoms with van der Waals surface area (Å²) in [6, 6.07) is 4.69. The number of amides is 1. The SMILES string of the molecule is C=CCOC(=O)N1c2ccc(O[Si](C)(C)C(C)(C)C)cc2[C@@]23O[C@]24[C@@H](C)CC(OC)(OC)[C@@]3(O)C#CC=CC#C[C@@H]14. The molecule has 5 atom stereocenters. The van der Waals surface area contributed by atoms with E-state index in [0.717, 1.165) is 0 Å². The standard InChI is InChI=1S/C32H39NO7Si/c1-10-19-38-27(34)33-25-17-16-23(39-41(8,9)28(3,4)5)20-24(25)32-29(35)18-14-12-11-13-15-26(33)31(32,40-32)22(2)21-30(29,36-6)37-7/h10-12,16-17,20,22,26,35H,1,19,21H2,2-9H3/t22-,26+,29-,31-,32-/m0/s1. The lowest BCUT2D eigenvalue weighted by Crippen LogP contribution is -2.73. The summed E-state index contributed by atoms with van der Waals surface area (Å²) in [6.07, 6.45) is 4.29. The zero-order valence-electron chi connectivity index (χ0n) is 25.1. The summed E-state index contributed by atoms with van der Waals surface area (Å²) < 4.78 is 31.1. The number of rotatable bonds is 6. The molecule has 4 aliphatic rings. The number of nitrogens with zero attached hydrogens (tertiary/aromatic N) is 1. The third-order valence-corrected chi connectivity index (χ3v) is 13.9. The highest BCUT2D eigenvalue weighted by atomic mass is 28.4. The molecule has 4 bridgehead atoms. The number of ether oxygens (including phenoxy) is 4. The van der Waals surface area contributed by atoms with Gasteiger partial charge < -0.3 is 28.5 Å². The van der Waals surface area contributed by atoms with Gasteiger partial charge in [0.05, 0.1) is 5.69 Å². The molecule has 1 amide bonds. The molecular weight excluding hydrogens is 538 g/mol. The van der Waals surface area contributed by atoms with Gasteiger partial charge in [-0.1, -0.05) is 64.0 Å². The van der Waals surface area contributed by atoms with Gasteiger partial charge in [0.2, 0.25) is 19.7 Å². The van der Waals surface area contributed by atoms with Crippen molar-refractivity contribution in [2.45, 2.75) is 80.9 Å². The van der Waals surface area contributed by atoms with Crippen LogP contribution in [0.3, 0.4) is 0 Å². The Morgan fingerprint density at radius 3 is 2.56 bits per heavy atom. The lowest BCUT2D eigenvalue weighted by atomic mass is 9.55. The summed E-state index contributed by atoms with van der Waals surface area (Å²) in [5.41, 5.74) is -3.58. The Balaban J connectivity index is 1.84. The quantitative estimate of drug-likeness (QED) is 0.169. The van der Waals surface area contributed by atoms with Gasteiger partial charge in [-0.15, -0.1) is 0 Å². The van der Waals surface area contributed by atoms with Crippen LogP contribution in [0, 0.1) is 29.6 Å². The van der Waals surface area contributed by atoms with Crippen LogP contribution < -0.4 is 9.33 Å². The molecule has 2 fully saturated rings. The Morgan fingerprint density at radius 1 is 1.24 bits per heavy atom. The lowest BCUT2D eigenvalue weighted by molar-refractivity contribution is -0.316. The molecule has 5 rings (SSSR count). The number of fused-ring (bicyclic) bond motifs is 1. The number of epoxide rings is 1. The van der Waals surface area contributed by atoms with E-state index in [4.69, 9.17) is 23.4 Å².